The second-order valence-corrected chi connectivity index (χ2v) is 5.28. The predicted octanol–water partition coefficient (Wildman–Crippen LogP) is 3.93. The molecule has 1 aliphatic rings. The van der Waals surface area contributed by atoms with Crippen LogP contribution in [-0.4, -0.2) is 12.5 Å². The highest BCUT2D eigenvalue weighted by molar-refractivity contribution is 5.23. The Kier molecular flexibility index (Phi) is 3.60. The van der Waals surface area contributed by atoms with Gasteiger partial charge < -0.3 is 5.73 Å². The summed E-state index contributed by atoms with van der Waals surface area (Å²) in [5.41, 5.74) is 3.82. The van der Waals surface area contributed by atoms with Crippen LogP contribution in [0.1, 0.15) is 31.2 Å². The zero-order valence-electron chi connectivity index (χ0n) is 10.5. The minimum atomic E-state index is -3.18. The van der Waals surface area contributed by atoms with Crippen molar-refractivity contribution < 1.29 is 17.6 Å². The third-order valence-corrected chi connectivity index (χ3v) is 4.13. The van der Waals surface area contributed by atoms with Gasteiger partial charge in [-0.25, -0.2) is 17.6 Å². The van der Waals surface area contributed by atoms with E-state index in [2.05, 4.69) is 0 Å². The second-order valence-electron chi connectivity index (χ2n) is 5.28. The summed E-state index contributed by atoms with van der Waals surface area (Å²) in [6.07, 6.45) is -1.55. The molecule has 19 heavy (non-hydrogen) atoms. The van der Waals surface area contributed by atoms with Gasteiger partial charge >= 0.3 is 0 Å². The maximum atomic E-state index is 14.6. The standard InChI is InChI=1S/C14H17F4N/c15-13(16)8-6-12(10-19,7-9-13)14(17,18)11-4-2-1-3-5-11/h1-5H,6-10,19H2. The first-order valence-corrected chi connectivity index (χ1v) is 6.34. The van der Waals surface area contributed by atoms with E-state index in [4.69, 9.17) is 5.73 Å². The highest BCUT2D eigenvalue weighted by atomic mass is 19.3. The van der Waals surface area contributed by atoms with Gasteiger partial charge in [0.2, 0.25) is 5.92 Å². The van der Waals surface area contributed by atoms with Crippen LogP contribution in [0.2, 0.25) is 0 Å². The van der Waals surface area contributed by atoms with Gasteiger partial charge in [-0.15, -0.1) is 0 Å². The van der Waals surface area contributed by atoms with Crippen LogP contribution in [0.5, 0.6) is 0 Å². The number of hydrogen-bond donors (Lipinski definition) is 1. The van der Waals surface area contributed by atoms with Crippen molar-refractivity contribution in [2.75, 3.05) is 6.54 Å². The quantitative estimate of drug-likeness (QED) is 0.831. The average molecular weight is 275 g/mol. The second kappa shape index (κ2) is 4.78. The predicted molar refractivity (Wildman–Crippen MR) is 65.2 cm³/mol. The van der Waals surface area contributed by atoms with Crippen LogP contribution in [-0.2, 0) is 5.92 Å². The van der Waals surface area contributed by atoms with Crippen LogP contribution in [0.3, 0.4) is 0 Å². The summed E-state index contributed by atoms with van der Waals surface area (Å²) < 4.78 is 55.6. The molecule has 0 amide bonds. The molecule has 1 saturated carbocycles. The van der Waals surface area contributed by atoms with Gasteiger partial charge in [-0.1, -0.05) is 30.3 Å². The number of hydrogen-bond acceptors (Lipinski definition) is 1. The summed E-state index contributed by atoms with van der Waals surface area (Å²) in [5, 5.41) is 0. The molecule has 0 heterocycles. The van der Waals surface area contributed by atoms with Crippen molar-refractivity contribution in [3.8, 4) is 0 Å². The lowest BCUT2D eigenvalue weighted by Crippen LogP contribution is -2.49. The first kappa shape index (κ1) is 14.3. The van der Waals surface area contributed by atoms with Crippen molar-refractivity contribution in [2.24, 2.45) is 11.1 Å². The molecule has 1 nitrogen and oxygen atoms in total. The molecule has 0 unspecified atom stereocenters. The fraction of sp³-hybridized carbons (Fsp3) is 0.571. The van der Waals surface area contributed by atoms with Crippen molar-refractivity contribution in [3.63, 3.8) is 0 Å². The van der Waals surface area contributed by atoms with Gasteiger partial charge in [0.05, 0.1) is 5.41 Å². The lowest BCUT2D eigenvalue weighted by Gasteiger charge is -2.44. The Hall–Kier alpha value is -1.10. The van der Waals surface area contributed by atoms with Crippen molar-refractivity contribution in [1.82, 2.24) is 0 Å². The fourth-order valence-corrected chi connectivity index (χ4v) is 2.69. The van der Waals surface area contributed by atoms with E-state index in [-0.39, 0.29) is 24.9 Å². The summed E-state index contributed by atoms with van der Waals surface area (Å²) in [7, 11) is 0. The van der Waals surface area contributed by atoms with Crippen molar-refractivity contribution in [2.45, 2.75) is 37.5 Å². The van der Waals surface area contributed by atoms with Crippen molar-refractivity contribution in [3.05, 3.63) is 35.9 Å². The molecule has 0 aromatic heterocycles. The molecule has 0 saturated heterocycles. The van der Waals surface area contributed by atoms with E-state index in [0.29, 0.717) is 0 Å². The van der Waals surface area contributed by atoms with E-state index >= 15 is 0 Å². The molecule has 0 atom stereocenters. The van der Waals surface area contributed by atoms with Crippen LogP contribution in [0, 0.1) is 5.41 Å². The highest BCUT2D eigenvalue weighted by Crippen LogP contribution is 2.55. The van der Waals surface area contributed by atoms with E-state index < -0.39 is 30.1 Å². The number of rotatable bonds is 3. The summed E-state index contributed by atoms with van der Waals surface area (Å²) in [6.45, 7) is -0.287. The van der Waals surface area contributed by atoms with E-state index in [1.54, 1.807) is 6.07 Å². The molecule has 106 valence electrons. The summed E-state index contributed by atoms with van der Waals surface area (Å²) in [4.78, 5) is 0. The molecule has 1 fully saturated rings. The maximum absolute atomic E-state index is 14.6. The molecule has 2 rings (SSSR count). The topological polar surface area (TPSA) is 26.0 Å². The minimum Gasteiger partial charge on any atom is -0.330 e. The first-order chi connectivity index (χ1) is 8.83. The Bertz CT molecular complexity index is 420. The summed E-state index contributed by atoms with van der Waals surface area (Å²) >= 11 is 0. The van der Waals surface area contributed by atoms with Gasteiger partial charge in [-0.2, -0.15) is 0 Å². The van der Waals surface area contributed by atoms with E-state index in [1.807, 2.05) is 0 Å². The van der Waals surface area contributed by atoms with Crippen molar-refractivity contribution in [1.29, 1.82) is 0 Å². The smallest absolute Gasteiger partial charge is 0.279 e. The molecular weight excluding hydrogens is 258 g/mol. The first-order valence-electron chi connectivity index (χ1n) is 6.34. The van der Waals surface area contributed by atoms with E-state index in [9.17, 15) is 17.6 Å². The monoisotopic (exact) mass is 275 g/mol. The molecule has 1 aromatic rings. The molecule has 0 aliphatic heterocycles. The molecule has 1 aromatic carbocycles. The highest BCUT2D eigenvalue weighted by Gasteiger charge is 2.57. The maximum Gasteiger partial charge on any atom is 0.279 e. The van der Waals surface area contributed by atoms with Crippen LogP contribution in [0.4, 0.5) is 17.6 Å². The Morgan fingerprint density at radius 1 is 1.00 bits per heavy atom. The number of alkyl halides is 4. The van der Waals surface area contributed by atoms with E-state index in [1.165, 1.54) is 24.3 Å². The zero-order chi connectivity index (χ0) is 14.1. The zero-order valence-corrected chi connectivity index (χ0v) is 10.5. The normalized spacial score (nSPS) is 22.2. The Balaban J connectivity index is 2.31. The van der Waals surface area contributed by atoms with Crippen LogP contribution in [0.25, 0.3) is 0 Å². The lowest BCUT2D eigenvalue weighted by molar-refractivity contribution is -0.174. The van der Waals surface area contributed by atoms with Crippen molar-refractivity contribution >= 4 is 0 Å². The van der Waals surface area contributed by atoms with Crippen LogP contribution >= 0.6 is 0 Å². The third kappa shape index (κ3) is 2.48. The van der Waals surface area contributed by atoms with Gasteiger partial charge in [-0.3, -0.25) is 0 Å². The minimum absolute atomic E-state index is 0.148. The number of benzene rings is 1. The summed E-state index contributed by atoms with van der Waals surface area (Å²) in [6, 6.07) is 7.33. The fourth-order valence-electron chi connectivity index (χ4n) is 2.69. The Morgan fingerprint density at radius 2 is 1.53 bits per heavy atom. The largest absolute Gasteiger partial charge is 0.330 e. The molecule has 0 spiro atoms. The van der Waals surface area contributed by atoms with Gasteiger partial charge in [0.25, 0.3) is 5.92 Å². The lowest BCUT2D eigenvalue weighted by atomic mass is 9.67. The number of nitrogens with two attached hydrogens (primary N) is 1. The Morgan fingerprint density at radius 3 is 2.00 bits per heavy atom. The molecular formula is C14H17F4N. The van der Waals surface area contributed by atoms with Gasteiger partial charge in [-0.05, 0) is 12.8 Å². The molecule has 0 radical (unpaired) electrons. The molecule has 0 bridgehead atoms. The molecule has 1 aliphatic carbocycles. The Labute approximate surface area is 109 Å². The SMILES string of the molecule is NCC1(C(F)(F)c2ccccc2)CCC(F)(F)CC1. The third-order valence-electron chi connectivity index (χ3n) is 4.13. The van der Waals surface area contributed by atoms with Crippen LogP contribution < -0.4 is 5.73 Å². The van der Waals surface area contributed by atoms with Gasteiger partial charge in [0.1, 0.15) is 0 Å². The summed E-state index contributed by atoms with van der Waals surface area (Å²) in [5.74, 6) is -6.02. The molecule has 2 N–H and O–H groups in total. The van der Waals surface area contributed by atoms with E-state index in [0.717, 1.165) is 0 Å². The van der Waals surface area contributed by atoms with Crippen LogP contribution in [0.15, 0.2) is 30.3 Å². The van der Waals surface area contributed by atoms with Gasteiger partial charge in [0.15, 0.2) is 0 Å². The number of halogens is 4. The molecule has 5 heteroatoms. The average Bonchev–Trinajstić information content (AvgIpc) is 2.40. The van der Waals surface area contributed by atoms with Gasteiger partial charge in [0, 0.05) is 24.9 Å².